The van der Waals surface area contributed by atoms with E-state index in [1.165, 1.54) is 6.26 Å². The first kappa shape index (κ1) is 22.5. The zero-order valence-electron chi connectivity index (χ0n) is 17.1. The summed E-state index contributed by atoms with van der Waals surface area (Å²) in [6.45, 7) is 3.79. The number of allylic oxidation sites excluding steroid dienone is 1. The van der Waals surface area contributed by atoms with Crippen LogP contribution in [0, 0.1) is 0 Å². The van der Waals surface area contributed by atoms with Crippen molar-refractivity contribution in [1.29, 1.82) is 0 Å². The first-order chi connectivity index (χ1) is 14.8. The van der Waals surface area contributed by atoms with Crippen LogP contribution >= 0.6 is 15.9 Å². The van der Waals surface area contributed by atoms with E-state index < -0.39 is 15.9 Å². The number of anilines is 1. The number of amides is 1. The van der Waals surface area contributed by atoms with Gasteiger partial charge in [0.2, 0.25) is 10.0 Å². The lowest BCUT2D eigenvalue weighted by atomic mass is 10.0. The number of sulfonamides is 1. The molecule has 1 atom stereocenters. The maximum Gasteiger partial charge on any atom is 0.292 e. The summed E-state index contributed by atoms with van der Waals surface area (Å²) in [6.07, 6.45) is 7.33. The van der Waals surface area contributed by atoms with Crippen LogP contribution in [-0.4, -0.2) is 79.1 Å². The number of aromatic nitrogens is 1. The minimum Gasteiger partial charge on any atom is -0.431 e. The zero-order valence-corrected chi connectivity index (χ0v) is 19.5. The smallest absolute Gasteiger partial charge is 0.292 e. The number of oxazole rings is 1. The van der Waals surface area contributed by atoms with Crippen LogP contribution in [0.3, 0.4) is 0 Å². The number of carbonyl (C=O) groups is 1. The number of carbonyl (C=O) groups excluding carboxylic acids is 1. The molecule has 12 heteroatoms. The Labute approximate surface area is 190 Å². The fraction of sp³-hybridized carbons (Fsp3) is 0.579. The predicted molar refractivity (Wildman–Crippen MR) is 120 cm³/mol. The van der Waals surface area contributed by atoms with Crippen molar-refractivity contribution < 1.29 is 17.6 Å². The lowest BCUT2D eigenvalue weighted by molar-refractivity contribution is 0.0960. The number of nitrogens with one attached hydrogen (secondary N) is 2. The van der Waals surface area contributed by atoms with Gasteiger partial charge in [0.15, 0.2) is 5.69 Å². The number of hydrogen-bond donors (Lipinski definition) is 3. The van der Waals surface area contributed by atoms with Gasteiger partial charge < -0.3 is 20.8 Å². The lowest BCUT2D eigenvalue weighted by Gasteiger charge is -2.40. The summed E-state index contributed by atoms with van der Waals surface area (Å²) < 4.78 is 33.3. The molecule has 10 nitrogen and oxygen atoms in total. The molecule has 1 amide bonds. The molecule has 0 bridgehead atoms. The molecule has 3 aliphatic rings. The minimum atomic E-state index is -3.25. The highest BCUT2D eigenvalue weighted by Gasteiger charge is 2.36. The van der Waals surface area contributed by atoms with Gasteiger partial charge in [-0.15, -0.1) is 0 Å². The van der Waals surface area contributed by atoms with E-state index in [0.717, 1.165) is 24.0 Å². The summed E-state index contributed by atoms with van der Waals surface area (Å²) in [7, 11) is -3.25. The molecule has 31 heavy (non-hydrogen) atoms. The van der Waals surface area contributed by atoms with Crippen LogP contribution in [0.15, 0.2) is 33.0 Å². The normalized spacial score (nSPS) is 24.5. The summed E-state index contributed by atoms with van der Waals surface area (Å²) in [4.78, 5) is 18.5. The highest BCUT2D eigenvalue weighted by atomic mass is 79.9. The summed E-state index contributed by atoms with van der Waals surface area (Å²) >= 11 is 3.49. The number of hydrogen-bond acceptors (Lipinski definition) is 8. The maximum atomic E-state index is 13.0. The van der Waals surface area contributed by atoms with Crippen LogP contribution in [-0.2, 0) is 10.0 Å². The van der Waals surface area contributed by atoms with Crippen LogP contribution in [0.1, 0.15) is 29.8 Å². The molecule has 1 aromatic heterocycles. The second kappa shape index (κ2) is 9.41. The van der Waals surface area contributed by atoms with Gasteiger partial charge in [0, 0.05) is 36.7 Å². The number of piperidine rings is 1. The van der Waals surface area contributed by atoms with Gasteiger partial charge in [-0.2, -0.15) is 9.29 Å². The molecule has 3 heterocycles. The van der Waals surface area contributed by atoms with E-state index in [4.69, 9.17) is 10.2 Å². The molecule has 0 spiro atoms. The second-order valence-corrected chi connectivity index (χ2v) is 11.0. The molecule has 170 valence electrons. The van der Waals surface area contributed by atoms with Crippen molar-refractivity contribution in [3.63, 3.8) is 0 Å². The molecule has 4 N–H and O–H groups in total. The maximum absolute atomic E-state index is 13.0. The molecule has 2 saturated heterocycles. The van der Waals surface area contributed by atoms with Gasteiger partial charge in [-0.3, -0.25) is 9.69 Å². The largest absolute Gasteiger partial charge is 0.431 e. The van der Waals surface area contributed by atoms with Crippen LogP contribution < -0.4 is 16.4 Å². The van der Waals surface area contributed by atoms with Gasteiger partial charge >= 0.3 is 0 Å². The lowest BCUT2D eigenvalue weighted by Crippen LogP contribution is -2.54. The fourth-order valence-electron chi connectivity index (χ4n) is 4.20. The summed E-state index contributed by atoms with van der Waals surface area (Å²) in [5.41, 5.74) is 6.19. The number of nitrogen functional groups attached to an aromatic ring is 1. The van der Waals surface area contributed by atoms with E-state index in [-0.39, 0.29) is 23.0 Å². The molecule has 1 aliphatic carbocycles. The third-order valence-electron chi connectivity index (χ3n) is 5.97. The van der Waals surface area contributed by atoms with E-state index in [1.807, 2.05) is 12.2 Å². The Hall–Kier alpha value is -1.73. The third kappa shape index (κ3) is 5.03. The topological polar surface area (TPSA) is 134 Å². The van der Waals surface area contributed by atoms with Crippen LogP contribution in [0.25, 0.3) is 0 Å². The SMILES string of the molecule is Nc1nc(C(=O)NC2=CC(N3CCN(S(=O)(=O)C4CCNCC4)CC3)CC=C2Br)co1. The standard InChI is InChI=1S/C19H27BrN6O4S/c20-15-2-1-13(11-16(15)23-18(27)17-12-30-19(21)24-17)25-7-9-26(10-8-25)31(28,29)14-3-5-22-6-4-14/h2,11-14,22H,1,3-10H2,(H2,21,24)(H,23,27). The van der Waals surface area contributed by atoms with Gasteiger partial charge in [-0.05, 0) is 54.4 Å². The van der Waals surface area contributed by atoms with Crippen LogP contribution in [0.2, 0.25) is 0 Å². The quantitative estimate of drug-likeness (QED) is 0.520. The van der Waals surface area contributed by atoms with Gasteiger partial charge in [0.1, 0.15) is 6.26 Å². The van der Waals surface area contributed by atoms with Crippen molar-refractivity contribution in [2.45, 2.75) is 30.6 Å². The molecular weight excluding hydrogens is 488 g/mol. The number of nitrogens with zero attached hydrogens (tertiary/aromatic N) is 3. The molecule has 2 fully saturated rings. The van der Waals surface area contributed by atoms with Crippen molar-refractivity contribution in [3.05, 3.63) is 34.3 Å². The predicted octanol–water partition coefficient (Wildman–Crippen LogP) is 0.621. The van der Waals surface area contributed by atoms with Crippen LogP contribution in [0.5, 0.6) is 0 Å². The monoisotopic (exact) mass is 514 g/mol. The van der Waals surface area contributed by atoms with Gasteiger partial charge in [0.25, 0.3) is 11.9 Å². The van der Waals surface area contributed by atoms with Crippen molar-refractivity contribution in [2.75, 3.05) is 45.0 Å². The van der Waals surface area contributed by atoms with Crippen molar-refractivity contribution in [3.8, 4) is 0 Å². The van der Waals surface area contributed by atoms with E-state index in [9.17, 15) is 13.2 Å². The molecule has 0 radical (unpaired) electrons. The van der Waals surface area contributed by atoms with Gasteiger partial charge in [0.05, 0.1) is 10.9 Å². The van der Waals surface area contributed by atoms with Crippen molar-refractivity contribution in [1.82, 2.24) is 24.8 Å². The molecule has 0 saturated carbocycles. The Balaban J connectivity index is 1.37. The molecular formula is C19H27BrN6O4S. The number of nitrogens with two attached hydrogens (primary N) is 1. The second-order valence-electron chi connectivity index (χ2n) is 7.89. The van der Waals surface area contributed by atoms with Crippen molar-refractivity contribution in [2.24, 2.45) is 0 Å². The highest BCUT2D eigenvalue weighted by Crippen LogP contribution is 2.27. The average molecular weight is 515 g/mol. The summed E-state index contributed by atoms with van der Waals surface area (Å²) in [5.74, 6) is -0.407. The van der Waals surface area contributed by atoms with E-state index in [1.54, 1.807) is 4.31 Å². The number of halogens is 1. The van der Waals surface area contributed by atoms with Crippen molar-refractivity contribution >= 4 is 37.9 Å². The Morgan fingerprint density at radius 2 is 1.97 bits per heavy atom. The third-order valence-corrected chi connectivity index (χ3v) is 9.12. The average Bonchev–Trinajstić information content (AvgIpc) is 3.22. The summed E-state index contributed by atoms with van der Waals surface area (Å²) in [5, 5.41) is 5.78. The van der Waals surface area contributed by atoms with E-state index in [0.29, 0.717) is 44.7 Å². The fourth-order valence-corrected chi connectivity index (χ4v) is 6.55. The Morgan fingerprint density at radius 3 is 2.61 bits per heavy atom. The van der Waals surface area contributed by atoms with Gasteiger partial charge in [-0.25, -0.2) is 8.42 Å². The Morgan fingerprint density at radius 1 is 1.26 bits per heavy atom. The first-order valence-electron chi connectivity index (χ1n) is 10.4. The van der Waals surface area contributed by atoms with Crippen LogP contribution in [0.4, 0.5) is 6.01 Å². The zero-order chi connectivity index (χ0) is 22.0. The molecule has 2 aliphatic heterocycles. The molecule has 0 aromatic carbocycles. The highest BCUT2D eigenvalue weighted by molar-refractivity contribution is 9.12. The summed E-state index contributed by atoms with van der Waals surface area (Å²) in [6, 6.07) is 0.00952. The molecule has 1 aromatic rings. The number of rotatable bonds is 5. The molecule has 1 unspecified atom stereocenters. The Kier molecular flexibility index (Phi) is 6.82. The first-order valence-corrected chi connectivity index (χ1v) is 12.7. The van der Waals surface area contributed by atoms with Gasteiger partial charge in [-0.1, -0.05) is 6.08 Å². The van der Waals surface area contributed by atoms with E-state index >= 15 is 0 Å². The number of piperazine rings is 1. The van der Waals surface area contributed by atoms with E-state index in [2.05, 4.69) is 36.4 Å². The molecule has 4 rings (SSSR count). The minimum absolute atomic E-state index is 0.0624. The Bertz CT molecular complexity index is 977.